The Kier molecular flexibility index (Phi) is 5.01. The van der Waals surface area contributed by atoms with Crippen molar-refractivity contribution in [1.29, 1.82) is 0 Å². The summed E-state index contributed by atoms with van der Waals surface area (Å²) in [6.45, 7) is 2.00. The molecular weight excluding hydrogens is 468 g/mol. The number of hydrogen-bond acceptors (Lipinski definition) is 5. The standard InChI is InChI=1S/C30H20N2O5/c1-17-6-11-20(12-7-17)37-21-13-9-19(10-14-21)32-29(35)24-5-3-4-22(26(24)30(32)36)18-8-15-23-25(16-18)28(34)31(2)27(23)33/h3-16H,1-2H3. The van der Waals surface area contributed by atoms with Crippen LogP contribution in [0.15, 0.2) is 84.9 Å². The summed E-state index contributed by atoms with van der Waals surface area (Å²) in [6.07, 6.45) is 0. The quantitative estimate of drug-likeness (QED) is 0.355. The molecule has 4 aromatic carbocycles. The van der Waals surface area contributed by atoms with E-state index in [1.807, 2.05) is 31.2 Å². The summed E-state index contributed by atoms with van der Waals surface area (Å²) in [4.78, 5) is 53.8. The van der Waals surface area contributed by atoms with Gasteiger partial charge in [-0.05, 0) is 72.6 Å². The van der Waals surface area contributed by atoms with E-state index in [-0.39, 0.29) is 22.6 Å². The molecule has 2 heterocycles. The van der Waals surface area contributed by atoms with Crippen LogP contribution in [0.25, 0.3) is 11.1 Å². The Bertz CT molecular complexity index is 1640. The summed E-state index contributed by atoms with van der Waals surface area (Å²) < 4.78 is 5.86. The van der Waals surface area contributed by atoms with Gasteiger partial charge in [-0.15, -0.1) is 0 Å². The summed E-state index contributed by atoms with van der Waals surface area (Å²) in [5.74, 6) is -0.385. The number of ether oxygens (including phenoxy) is 1. The molecule has 0 saturated heterocycles. The van der Waals surface area contributed by atoms with Gasteiger partial charge >= 0.3 is 0 Å². The van der Waals surface area contributed by atoms with Crippen molar-refractivity contribution in [3.63, 3.8) is 0 Å². The highest BCUT2D eigenvalue weighted by molar-refractivity contribution is 6.36. The maximum atomic E-state index is 13.6. The van der Waals surface area contributed by atoms with Crippen molar-refractivity contribution in [3.05, 3.63) is 113 Å². The van der Waals surface area contributed by atoms with E-state index in [9.17, 15) is 19.2 Å². The third kappa shape index (κ3) is 3.51. The lowest BCUT2D eigenvalue weighted by atomic mass is 9.94. The summed E-state index contributed by atoms with van der Waals surface area (Å²) in [6, 6.07) is 24.3. The van der Waals surface area contributed by atoms with Crippen molar-refractivity contribution in [2.75, 3.05) is 11.9 Å². The Morgan fingerprint density at radius 3 is 1.92 bits per heavy atom. The van der Waals surface area contributed by atoms with E-state index in [0.717, 1.165) is 15.4 Å². The number of rotatable bonds is 4. The van der Waals surface area contributed by atoms with Crippen molar-refractivity contribution in [2.24, 2.45) is 0 Å². The zero-order valence-electron chi connectivity index (χ0n) is 20.0. The van der Waals surface area contributed by atoms with E-state index in [4.69, 9.17) is 4.74 Å². The van der Waals surface area contributed by atoms with Crippen LogP contribution in [0.5, 0.6) is 11.5 Å². The van der Waals surface area contributed by atoms with Gasteiger partial charge in [0.25, 0.3) is 23.6 Å². The average molecular weight is 488 g/mol. The summed E-state index contributed by atoms with van der Waals surface area (Å²) >= 11 is 0. The van der Waals surface area contributed by atoms with Gasteiger partial charge in [0, 0.05) is 7.05 Å². The summed E-state index contributed by atoms with van der Waals surface area (Å²) in [7, 11) is 1.43. The minimum absolute atomic E-state index is 0.262. The SMILES string of the molecule is Cc1ccc(Oc2ccc(N3C(=O)c4cccc(-c5ccc6c(c5)C(=O)N(C)C6=O)c4C3=O)cc2)cc1. The number of carbonyl (C=O) groups is 4. The van der Waals surface area contributed by atoms with Crippen molar-refractivity contribution >= 4 is 29.3 Å². The number of hydrogen-bond donors (Lipinski definition) is 0. The molecule has 180 valence electrons. The summed E-state index contributed by atoms with van der Waals surface area (Å²) in [5, 5.41) is 0. The van der Waals surface area contributed by atoms with Crippen LogP contribution in [0.2, 0.25) is 0 Å². The molecule has 0 fully saturated rings. The topological polar surface area (TPSA) is 84.0 Å². The molecule has 0 spiro atoms. The fourth-order valence-electron chi connectivity index (χ4n) is 4.69. The Morgan fingerprint density at radius 1 is 0.595 bits per heavy atom. The van der Waals surface area contributed by atoms with E-state index in [0.29, 0.717) is 33.9 Å². The fourth-order valence-corrected chi connectivity index (χ4v) is 4.69. The van der Waals surface area contributed by atoms with Gasteiger partial charge in [-0.2, -0.15) is 0 Å². The fraction of sp³-hybridized carbons (Fsp3) is 0.0667. The minimum atomic E-state index is -0.456. The number of benzene rings is 4. The smallest absolute Gasteiger partial charge is 0.266 e. The Morgan fingerprint density at radius 2 is 1.22 bits per heavy atom. The van der Waals surface area contributed by atoms with Gasteiger partial charge in [0.15, 0.2) is 0 Å². The Hall–Kier alpha value is -5.04. The van der Waals surface area contributed by atoms with Crippen LogP contribution < -0.4 is 9.64 Å². The van der Waals surface area contributed by atoms with Gasteiger partial charge in [0.2, 0.25) is 0 Å². The molecule has 0 aliphatic carbocycles. The molecule has 4 amide bonds. The number of nitrogens with zero attached hydrogens (tertiary/aromatic N) is 2. The third-order valence-electron chi connectivity index (χ3n) is 6.67. The van der Waals surface area contributed by atoms with Crippen LogP contribution in [-0.4, -0.2) is 35.6 Å². The zero-order chi connectivity index (χ0) is 25.8. The molecule has 0 unspecified atom stereocenters. The molecule has 0 saturated carbocycles. The lowest BCUT2D eigenvalue weighted by molar-refractivity contribution is 0.0692. The highest BCUT2D eigenvalue weighted by atomic mass is 16.5. The molecule has 0 bridgehead atoms. The molecule has 0 atom stereocenters. The minimum Gasteiger partial charge on any atom is -0.457 e. The van der Waals surface area contributed by atoms with Gasteiger partial charge in [0.1, 0.15) is 11.5 Å². The van der Waals surface area contributed by atoms with Crippen LogP contribution in [0.1, 0.15) is 47.0 Å². The van der Waals surface area contributed by atoms with E-state index >= 15 is 0 Å². The first-order valence-electron chi connectivity index (χ1n) is 11.7. The molecular formula is C30H20N2O5. The molecule has 7 heteroatoms. The number of imide groups is 2. The van der Waals surface area contributed by atoms with Crippen LogP contribution >= 0.6 is 0 Å². The molecule has 0 aromatic heterocycles. The van der Waals surface area contributed by atoms with E-state index < -0.39 is 17.7 Å². The van der Waals surface area contributed by atoms with Crippen molar-refractivity contribution in [3.8, 4) is 22.6 Å². The number of fused-ring (bicyclic) bond motifs is 2. The van der Waals surface area contributed by atoms with Gasteiger partial charge in [-0.25, -0.2) is 4.90 Å². The molecule has 37 heavy (non-hydrogen) atoms. The number of aryl methyl sites for hydroxylation is 1. The second kappa shape index (κ2) is 8.27. The molecule has 0 radical (unpaired) electrons. The highest BCUT2D eigenvalue weighted by Gasteiger charge is 2.39. The first kappa shape index (κ1) is 22.4. The van der Waals surface area contributed by atoms with Crippen molar-refractivity contribution < 1.29 is 23.9 Å². The van der Waals surface area contributed by atoms with Gasteiger partial charge in [-0.1, -0.05) is 35.9 Å². The van der Waals surface area contributed by atoms with Gasteiger partial charge in [0.05, 0.1) is 27.9 Å². The molecule has 6 rings (SSSR count). The molecule has 4 aromatic rings. The predicted molar refractivity (Wildman–Crippen MR) is 137 cm³/mol. The number of anilines is 1. The van der Waals surface area contributed by atoms with Crippen LogP contribution in [0.3, 0.4) is 0 Å². The summed E-state index contributed by atoms with van der Waals surface area (Å²) in [5.41, 5.74) is 3.79. The third-order valence-corrected chi connectivity index (χ3v) is 6.67. The normalized spacial score (nSPS) is 14.3. The van der Waals surface area contributed by atoms with Crippen LogP contribution in [-0.2, 0) is 0 Å². The van der Waals surface area contributed by atoms with Crippen LogP contribution in [0.4, 0.5) is 5.69 Å². The van der Waals surface area contributed by atoms with Gasteiger partial charge < -0.3 is 4.74 Å². The maximum absolute atomic E-state index is 13.6. The van der Waals surface area contributed by atoms with Crippen LogP contribution in [0, 0.1) is 6.92 Å². The van der Waals surface area contributed by atoms with E-state index in [2.05, 4.69) is 0 Å². The molecule has 0 N–H and O–H groups in total. The molecule has 2 aliphatic rings. The second-order valence-electron chi connectivity index (χ2n) is 9.01. The number of carbonyl (C=O) groups excluding carboxylic acids is 4. The maximum Gasteiger partial charge on any atom is 0.266 e. The predicted octanol–water partition coefficient (Wildman–Crippen LogP) is 5.48. The average Bonchev–Trinajstić information content (AvgIpc) is 3.30. The molecule has 2 aliphatic heterocycles. The van der Waals surface area contributed by atoms with E-state index in [1.165, 1.54) is 7.05 Å². The largest absolute Gasteiger partial charge is 0.457 e. The first-order valence-corrected chi connectivity index (χ1v) is 11.7. The number of amides is 4. The Balaban J connectivity index is 1.33. The molecule has 7 nitrogen and oxygen atoms in total. The lowest BCUT2D eigenvalue weighted by Gasteiger charge is -2.15. The second-order valence-corrected chi connectivity index (χ2v) is 9.01. The highest BCUT2D eigenvalue weighted by Crippen LogP contribution is 2.37. The monoisotopic (exact) mass is 488 g/mol. The first-order chi connectivity index (χ1) is 17.8. The Labute approximate surface area is 212 Å². The lowest BCUT2D eigenvalue weighted by Crippen LogP contribution is -2.29. The van der Waals surface area contributed by atoms with E-state index in [1.54, 1.807) is 60.7 Å². The van der Waals surface area contributed by atoms with Crippen molar-refractivity contribution in [1.82, 2.24) is 4.90 Å². The van der Waals surface area contributed by atoms with Crippen molar-refractivity contribution in [2.45, 2.75) is 6.92 Å². The zero-order valence-corrected chi connectivity index (χ0v) is 20.0. The van der Waals surface area contributed by atoms with Gasteiger partial charge in [-0.3, -0.25) is 24.1 Å².